The molecule has 2 atom stereocenters. The maximum Gasteiger partial charge on any atom is 0.338 e. The number of carbonyl (C=O) groups excluding carboxylic acids is 1. The molecule has 2 aromatic carbocycles. The molecular weight excluding hydrogens is 284 g/mol. The van der Waals surface area contributed by atoms with Gasteiger partial charge in [0, 0.05) is 16.3 Å². The van der Waals surface area contributed by atoms with Gasteiger partial charge in [0.25, 0.3) is 0 Å². The molecule has 0 aliphatic carbocycles. The third kappa shape index (κ3) is 2.34. The first kappa shape index (κ1) is 14.6. The van der Waals surface area contributed by atoms with Crippen LogP contribution >= 0.6 is 0 Å². The van der Waals surface area contributed by atoms with Crippen molar-refractivity contribution in [1.29, 1.82) is 0 Å². The summed E-state index contributed by atoms with van der Waals surface area (Å²) in [6.45, 7) is 1.77. The summed E-state index contributed by atoms with van der Waals surface area (Å²) in [5.74, 6) is -0.858. The van der Waals surface area contributed by atoms with Crippen LogP contribution in [0.2, 0.25) is 0 Å². The molecule has 3 rings (SSSR count). The second kappa shape index (κ2) is 5.79. The molecular formula is C17H16O5. The second-order valence-corrected chi connectivity index (χ2v) is 4.96. The highest BCUT2D eigenvalue weighted by Crippen LogP contribution is 2.34. The molecule has 0 aliphatic rings. The number of aliphatic hydroxyl groups is 2. The van der Waals surface area contributed by atoms with Crippen molar-refractivity contribution in [3.63, 3.8) is 0 Å². The molecule has 5 nitrogen and oxygen atoms in total. The van der Waals surface area contributed by atoms with Crippen molar-refractivity contribution in [3.8, 4) is 0 Å². The quantitative estimate of drug-likeness (QED) is 0.724. The number of fused-ring (bicyclic) bond motifs is 3. The van der Waals surface area contributed by atoms with E-state index in [0.717, 1.165) is 10.8 Å². The first-order valence-electron chi connectivity index (χ1n) is 7.06. The normalized spacial score (nSPS) is 14.1. The van der Waals surface area contributed by atoms with E-state index in [-0.39, 0.29) is 6.61 Å². The molecule has 0 aliphatic heterocycles. The van der Waals surface area contributed by atoms with Crippen LogP contribution in [0.15, 0.2) is 46.9 Å². The predicted octanol–water partition coefficient (Wildman–Crippen LogP) is 2.54. The zero-order chi connectivity index (χ0) is 15.7. The average Bonchev–Trinajstić information content (AvgIpc) is 2.92. The SMILES string of the molecule is CCOC(=O)C(O)C(O)c1cccc2c1oc1ccccc12. The number of esters is 1. The van der Waals surface area contributed by atoms with Crippen molar-refractivity contribution in [3.05, 3.63) is 48.0 Å². The van der Waals surface area contributed by atoms with Gasteiger partial charge in [-0.15, -0.1) is 0 Å². The standard InChI is InChI=1S/C17H16O5/c1-2-21-17(20)15(19)14(18)12-8-5-7-11-10-6-3-4-9-13(10)22-16(11)12/h3-9,14-15,18-19H,2H2,1H3. The lowest BCUT2D eigenvalue weighted by atomic mass is 10.0. The first-order chi connectivity index (χ1) is 10.6. The Kier molecular flexibility index (Phi) is 3.83. The molecule has 2 N–H and O–H groups in total. The van der Waals surface area contributed by atoms with Crippen LogP contribution in [0.25, 0.3) is 21.9 Å². The molecule has 3 aromatic rings. The van der Waals surface area contributed by atoms with Gasteiger partial charge < -0.3 is 19.4 Å². The Labute approximate surface area is 126 Å². The Morgan fingerprint density at radius 3 is 2.64 bits per heavy atom. The van der Waals surface area contributed by atoms with Crippen LogP contribution in [-0.4, -0.2) is 28.9 Å². The van der Waals surface area contributed by atoms with Crippen LogP contribution in [0.5, 0.6) is 0 Å². The Morgan fingerprint density at radius 1 is 1.14 bits per heavy atom. The van der Waals surface area contributed by atoms with Gasteiger partial charge >= 0.3 is 5.97 Å². The van der Waals surface area contributed by atoms with E-state index in [0.29, 0.717) is 16.7 Å². The van der Waals surface area contributed by atoms with E-state index in [2.05, 4.69) is 0 Å². The number of carbonyl (C=O) groups is 1. The highest BCUT2D eigenvalue weighted by Gasteiger charge is 2.29. The van der Waals surface area contributed by atoms with Crippen molar-refractivity contribution in [1.82, 2.24) is 0 Å². The van der Waals surface area contributed by atoms with E-state index in [4.69, 9.17) is 9.15 Å². The molecule has 5 heteroatoms. The average molecular weight is 300 g/mol. The van der Waals surface area contributed by atoms with Crippen LogP contribution in [0.1, 0.15) is 18.6 Å². The van der Waals surface area contributed by atoms with Gasteiger partial charge in [-0.2, -0.15) is 0 Å². The zero-order valence-electron chi connectivity index (χ0n) is 12.0. The topological polar surface area (TPSA) is 79.9 Å². The molecule has 0 saturated heterocycles. The molecule has 0 bridgehead atoms. The predicted molar refractivity (Wildman–Crippen MR) is 81.3 cm³/mol. The molecule has 22 heavy (non-hydrogen) atoms. The number of para-hydroxylation sites is 2. The molecule has 1 aromatic heterocycles. The third-order valence-corrected chi connectivity index (χ3v) is 3.58. The van der Waals surface area contributed by atoms with E-state index < -0.39 is 18.2 Å². The molecule has 0 amide bonds. The summed E-state index contributed by atoms with van der Waals surface area (Å²) in [6.07, 6.45) is -3.07. The fourth-order valence-corrected chi connectivity index (χ4v) is 2.53. The molecule has 114 valence electrons. The van der Waals surface area contributed by atoms with Crippen LogP contribution in [-0.2, 0) is 9.53 Å². The van der Waals surface area contributed by atoms with E-state index in [1.54, 1.807) is 19.1 Å². The van der Waals surface area contributed by atoms with Gasteiger partial charge in [-0.1, -0.05) is 36.4 Å². The van der Waals surface area contributed by atoms with Crippen molar-refractivity contribution < 1.29 is 24.2 Å². The van der Waals surface area contributed by atoms with E-state index in [9.17, 15) is 15.0 Å². The maximum atomic E-state index is 11.6. The summed E-state index contributed by atoms with van der Waals surface area (Å²) in [5, 5.41) is 22.0. The van der Waals surface area contributed by atoms with Gasteiger partial charge in [-0.05, 0) is 13.0 Å². The molecule has 0 radical (unpaired) electrons. The number of hydrogen-bond acceptors (Lipinski definition) is 5. The van der Waals surface area contributed by atoms with Gasteiger partial charge in [0.1, 0.15) is 17.3 Å². The van der Waals surface area contributed by atoms with Crippen molar-refractivity contribution in [2.75, 3.05) is 6.61 Å². The number of aliphatic hydroxyl groups excluding tert-OH is 2. The minimum absolute atomic E-state index is 0.136. The van der Waals surface area contributed by atoms with E-state index >= 15 is 0 Å². The minimum atomic E-state index is -1.65. The second-order valence-electron chi connectivity index (χ2n) is 4.96. The molecule has 1 heterocycles. The van der Waals surface area contributed by atoms with Crippen LogP contribution < -0.4 is 0 Å². The fourth-order valence-electron chi connectivity index (χ4n) is 2.53. The minimum Gasteiger partial charge on any atom is -0.464 e. The number of benzene rings is 2. The fraction of sp³-hybridized carbons (Fsp3) is 0.235. The number of hydrogen-bond donors (Lipinski definition) is 2. The summed E-state index contributed by atoms with van der Waals surface area (Å²) < 4.78 is 10.5. The van der Waals surface area contributed by atoms with Gasteiger partial charge in [0.05, 0.1) is 6.61 Å². The molecule has 0 spiro atoms. The lowest BCUT2D eigenvalue weighted by Gasteiger charge is -2.16. The Hall–Kier alpha value is -2.37. The first-order valence-corrected chi connectivity index (χ1v) is 7.06. The smallest absolute Gasteiger partial charge is 0.338 e. The zero-order valence-corrected chi connectivity index (χ0v) is 12.0. The largest absolute Gasteiger partial charge is 0.464 e. The Bertz CT molecular complexity index is 820. The Morgan fingerprint density at radius 2 is 1.86 bits per heavy atom. The summed E-state index contributed by atoms with van der Waals surface area (Å²) in [6, 6.07) is 12.7. The highest BCUT2D eigenvalue weighted by atomic mass is 16.5. The summed E-state index contributed by atoms with van der Waals surface area (Å²) in [4.78, 5) is 11.6. The summed E-state index contributed by atoms with van der Waals surface area (Å²) in [5.41, 5.74) is 1.50. The van der Waals surface area contributed by atoms with E-state index in [1.165, 1.54) is 0 Å². The number of furan rings is 1. The molecule has 0 saturated carbocycles. The van der Waals surface area contributed by atoms with Crippen molar-refractivity contribution in [2.24, 2.45) is 0 Å². The van der Waals surface area contributed by atoms with Gasteiger partial charge in [0.2, 0.25) is 0 Å². The summed E-state index contributed by atoms with van der Waals surface area (Å²) >= 11 is 0. The lowest BCUT2D eigenvalue weighted by molar-refractivity contribution is -0.159. The van der Waals surface area contributed by atoms with Crippen molar-refractivity contribution in [2.45, 2.75) is 19.1 Å². The van der Waals surface area contributed by atoms with Gasteiger partial charge in [-0.3, -0.25) is 0 Å². The lowest BCUT2D eigenvalue weighted by Crippen LogP contribution is -2.29. The van der Waals surface area contributed by atoms with Crippen LogP contribution in [0, 0.1) is 0 Å². The molecule has 0 fully saturated rings. The van der Waals surface area contributed by atoms with Gasteiger partial charge in [0.15, 0.2) is 6.10 Å². The van der Waals surface area contributed by atoms with Crippen LogP contribution in [0.4, 0.5) is 0 Å². The monoisotopic (exact) mass is 300 g/mol. The Balaban J connectivity index is 2.09. The van der Waals surface area contributed by atoms with E-state index in [1.807, 2.05) is 30.3 Å². The maximum absolute atomic E-state index is 11.6. The van der Waals surface area contributed by atoms with Crippen LogP contribution in [0.3, 0.4) is 0 Å². The molecule has 2 unspecified atom stereocenters. The summed E-state index contributed by atoms with van der Waals surface area (Å²) in [7, 11) is 0. The highest BCUT2D eigenvalue weighted by molar-refractivity contribution is 6.06. The van der Waals surface area contributed by atoms with Gasteiger partial charge in [-0.25, -0.2) is 4.79 Å². The third-order valence-electron chi connectivity index (χ3n) is 3.58. The van der Waals surface area contributed by atoms with Crippen molar-refractivity contribution >= 4 is 27.9 Å². The number of ether oxygens (including phenoxy) is 1. The number of rotatable bonds is 4.